The van der Waals surface area contributed by atoms with Crippen molar-refractivity contribution in [2.45, 2.75) is 24.7 Å². The Morgan fingerprint density at radius 2 is 1.97 bits per heavy atom. The van der Waals surface area contributed by atoms with E-state index in [4.69, 9.17) is 21.1 Å². The summed E-state index contributed by atoms with van der Waals surface area (Å²) in [4.78, 5) is 12.7. The molecule has 0 unspecified atom stereocenters. The van der Waals surface area contributed by atoms with E-state index in [-0.39, 0.29) is 41.2 Å². The first-order chi connectivity index (χ1) is 15.7. The lowest BCUT2D eigenvalue weighted by molar-refractivity contribution is -0.173. The predicted octanol–water partition coefficient (Wildman–Crippen LogP) is 4.88. The third-order valence-electron chi connectivity index (χ3n) is 5.43. The molecule has 0 aliphatic carbocycles. The number of phenols is 1. The fourth-order valence-corrected chi connectivity index (χ4v) is 4.00. The van der Waals surface area contributed by atoms with Crippen molar-refractivity contribution in [3.8, 4) is 17.2 Å². The molecule has 0 fully saturated rings. The van der Waals surface area contributed by atoms with Gasteiger partial charge in [0.2, 0.25) is 6.79 Å². The molecular weight excluding hydrogens is 465 g/mol. The molecule has 3 N–H and O–H groups in total. The maximum atomic E-state index is 13.9. The lowest BCUT2D eigenvalue weighted by atomic mass is 9.96. The van der Waals surface area contributed by atoms with Gasteiger partial charge in [-0.25, -0.2) is 4.68 Å². The normalized spacial score (nSPS) is 19.0. The molecule has 0 saturated heterocycles. The van der Waals surface area contributed by atoms with Crippen LogP contribution in [-0.4, -0.2) is 33.8 Å². The largest absolute Gasteiger partial charge is 0.506 e. The minimum absolute atomic E-state index is 0.0111. The number of phenolic OH excluding ortho intramolecular Hbond substituents is 1. The number of alkyl halides is 3. The van der Waals surface area contributed by atoms with Crippen LogP contribution in [0, 0.1) is 0 Å². The summed E-state index contributed by atoms with van der Waals surface area (Å²) in [7, 11) is 0. The lowest BCUT2D eigenvalue weighted by Crippen LogP contribution is -2.35. The van der Waals surface area contributed by atoms with E-state index in [2.05, 4.69) is 15.7 Å². The van der Waals surface area contributed by atoms with Gasteiger partial charge in [-0.1, -0.05) is 17.7 Å². The monoisotopic (exact) mass is 480 g/mol. The standard InChI is InChI=1S/C21H16ClF3N4O4/c22-11-2-3-15(30)13(6-11)27-20(31)14-8-19-26-12(7-18(21(23,24)25)29(19)28-14)10-1-4-16-17(5-10)33-9-32-16/h1-6,8,12,18,26,30H,7,9H2,(H,27,31)/t12-,18-/m0/s1. The van der Waals surface area contributed by atoms with E-state index in [1.54, 1.807) is 18.2 Å². The van der Waals surface area contributed by atoms with Crippen LogP contribution in [0.3, 0.4) is 0 Å². The Balaban J connectivity index is 1.45. The van der Waals surface area contributed by atoms with Gasteiger partial charge in [0.1, 0.15) is 11.6 Å². The number of anilines is 2. The molecule has 8 nitrogen and oxygen atoms in total. The van der Waals surface area contributed by atoms with Gasteiger partial charge in [-0.15, -0.1) is 0 Å². The number of halogens is 4. The summed E-state index contributed by atoms with van der Waals surface area (Å²) in [5, 5.41) is 19.5. The van der Waals surface area contributed by atoms with Gasteiger partial charge in [0.25, 0.3) is 5.91 Å². The summed E-state index contributed by atoms with van der Waals surface area (Å²) < 4.78 is 53.1. The van der Waals surface area contributed by atoms with E-state index in [1.165, 1.54) is 24.3 Å². The third kappa shape index (κ3) is 3.99. The van der Waals surface area contributed by atoms with Crippen LogP contribution in [0.4, 0.5) is 24.7 Å². The van der Waals surface area contributed by atoms with E-state index >= 15 is 0 Å². The number of fused-ring (bicyclic) bond motifs is 2. The molecule has 3 heterocycles. The van der Waals surface area contributed by atoms with Crippen LogP contribution < -0.4 is 20.1 Å². The van der Waals surface area contributed by atoms with Gasteiger partial charge < -0.3 is 25.2 Å². The number of ether oxygens (including phenoxy) is 2. The van der Waals surface area contributed by atoms with Crippen molar-refractivity contribution in [3.05, 3.63) is 58.7 Å². The molecule has 5 rings (SSSR count). The molecular formula is C21H16ClF3N4O4. The molecule has 2 aromatic carbocycles. The zero-order chi connectivity index (χ0) is 23.3. The highest BCUT2D eigenvalue weighted by Gasteiger charge is 2.47. The van der Waals surface area contributed by atoms with Crippen LogP contribution in [0.15, 0.2) is 42.5 Å². The van der Waals surface area contributed by atoms with Crippen LogP contribution in [0.1, 0.15) is 34.6 Å². The number of carbonyl (C=O) groups excluding carboxylic acids is 1. The number of nitrogens with zero attached hydrogens (tertiary/aromatic N) is 2. The maximum absolute atomic E-state index is 13.9. The van der Waals surface area contributed by atoms with E-state index in [1.807, 2.05) is 0 Å². The average molecular weight is 481 g/mol. The Morgan fingerprint density at radius 3 is 2.76 bits per heavy atom. The first-order valence-electron chi connectivity index (χ1n) is 9.81. The van der Waals surface area contributed by atoms with Crippen LogP contribution in [0.2, 0.25) is 5.02 Å². The molecule has 0 radical (unpaired) electrons. The smallest absolute Gasteiger partial charge is 0.410 e. The van der Waals surface area contributed by atoms with Gasteiger partial charge in [-0.05, 0) is 35.9 Å². The van der Waals surface area contributed by atoms with Gasteiger partial charge in [0.05, 0.1) is 11.7 Å². The lowest BCUT2D eigenvalue weighted by Gasteiger charge is -2.33. The summed E-state index contributed by atoms with van der Waals surface area (Å²) >= 11 is 5.87. The SMILES string of the molecule is O=C(Nc1cc(Cl)ccc1O)c1cc2n(n1)[C@H](C(F)(F)F)C[C@@H](c1ccc3c(c1)OCO3)N2. The Hall–Kier alpha value is -3.60. The minimum Gasteiger partial charge on any atom is -0.506 e. The molecule has 0 bridgehead atoms. The highest BCUT2D eigenvalue weighted by Crippen LogP contribution is 2.45. The second-order valence-electron chi connectivity index (χ2n) is 7.58. The van der Waals surface area contributed by atoms with Crippen LogP contribution >= 0.6 is 11.6 Å². The molecule has 1 aromatic heterocycles. The van der Waals surface area contributed by atoms with Gasteiger partial charge in [-0.3, -0.25) is 4.79 Å². The van der Waals surface area contributed by atoms with Gasteiger partial charge in [0.15, 0.2) is 23.2 Å². The molecule has 0 saturated carbocycles. The number of amides is 1. The fourth-order valence-electron chi connectivity index (χ4n) is 3.83. The number of hydrogen-bond acceptors (Lipinski definition) is 6. The second kappa shape index (κ2) is 7.77. The Morgan fingerprint density at radius 1 is 1.18 bits per heavy atom. The van der Waals surface area contributed by atoms with Crippen LogP contribution in [-0.2, 0) is 0 Å². The molecule has 3 aromatic rings. The third-order valence-corrected chi connectivity index (χ3v) is 5.66. The summed E-state index contributed by atoms with van der Waals surface area (Å²) in [6, 6.07) is 7.54. The van der Waals surface area contributed by atoms with Gasteiger partial charge in [0, 0.05) is 17.5 Å². The molecule has 2 atom stereocenters. The quantitative estimate of drug-likeness (QED) is 0.462. The number of benzene rings is 2. The number of hydrogen-bond donors (Lipinski definition) is 3. The van der Waals surface area contributed by atoms with E-state index in [9.17, 15) is 23.1 Å². The van der Waals surface area contributed by atoms with Crippen LogP contribution in [0.25, 0.3) is 0 Å². The van der Waals surface area contributed by atoms with Crippen molar-refractivity contribution in [3.63, 3.8) is 0 Å². The molecule has 12 heteroatoms. The van der Waals surface area contributed by atoms with Crippen molar-refractivity contribution in [1.29, 1.82) is 0 Å². The van der Waals surface area contributed by atoms with E-state index < -0.39 is 24.2 Å². The van der Waals surface area contributed by atoms with E-state index in [0.717, 1.165) is 4.68 Å². The first-order valence-corrected chi connectivity index (χ1v) is 10.2. The topological polar surface area (TPSA) is 97.6 Å². The molecule has 1 amide bonds. The van der Waals surface area contributed by atoms with E-state index in [0.29, 0.717) is 17.1 Å². The summed E-state index contributed by atoms with van der Waals surface area (Å²) in [6.07, 6.45) is -4.94. The van der Waals surface area contributed by atoms with Crippen molar-refractivity contribution in [1.82, 2.24) is 9.78 Å². The highest BCUT2D eigenvalue weighted by atomic mass is 35.5. The van der Waals surface area contributed by atoms with Crippen LogP contribution in [0.5, 0.6) is 17.2 Å². The predicted molar refractivity (Wildman–Crippen MR) is 112 cm³/mol. The van der Waals surface area contributed by atoms with Gasteiger partial charge >= 0.3 is 6.18 Å². The number of carbonyl (C=O) groups is 1. The Labute approximate surface area is 189 Å². The van der Waals surface area contributed by atoms with Crippen molar-refractivity contribution in [2.24, 2.45) is 0 Å². The molecule has 33 heavy (non-hydrogen) atoms. The Kier molecular flexibility index (Phi) is 5.00. The summed E-state index contributed by atoms with van der Waals surface area (Å²) in [5.41, 5.74) is 0.338. The Bertz CT molecular complexity index is 1250. The number of aromatic hydroxyl groups is 1. The van der Waals surface area contributed by atoms with Gasteiger partial charge in [-0.2, -0.15) is 18.3 Å². The van der Waals surface area contributed by atoms with Crippen molar-refractivity contribution < 1.29 is 32.5 Å². The zero-order valence-corrected chi connectivity index (χ0v) is 17.4. The molecule has 0 spiro atoms. The second-order valence-corrected chi connectivity index (χ2v) is 8.01. The van der Waals surface area contributed by atoms with Crippen molar-refractivity contribution >= 4 is 29.0 Å². The highest BCUT2D eigenvalue weighted by molar-refractivity contribution is 6.31. The van der Waals surface area contributed by atoms with Crippen molar-refractivity contribution in [2.75, 3.05) is 17.4 Å². The number of aromatic nitrogens is 2. The maximum Gasteiger partial charge on any atom is 0.410 e. The number of nitrogens with one attached hydrogen (secondary N) is 2. The molecule has 2 aliphatic heterocycles. The molecule has 2 aliphatic rings. The summed E-state index contributed by atoms with van der Waals surface area (Å²) in [5.74, 6) is -0.0250. The minimum atomic E-state index is -4.60. The number of rotatable bonds is 3. The zero-order valence-electron chi connectivity index (χ0n) is 16.7. The molecule has 172 valence electrons. The fraction of sp³-hybridized carbons (Fsp3) is 0.238. The average Bonchev–Trinajstić information content (AvgIpc) is 3.41. The summed E-state index contributed by atoms with van der Waals surface area (Å²) in [6.45, 7) is 0.0511. The first kappa shape index (κ1) is 21.3.